The molecular weight excluding hydrogens is 457 g/mol. The topological polar surface area (TPSA) is 76.0 Å². The molecule has 0 saturated carbocycles. The zero-order chi connectivity index (χ0) is 21.7. The third kappa shape index (κ3) is 6.35. The maximum absolute atomic E-state index is 12.6. The Labute approximate surface area is 197 Å². The summed E-state index contributed by atoms with van der Waals surface area (Å²) in [5.41, 5.74) is 3.51. The van der Waals surface area contributed by atoms with Gasteiger partial charge in [-0.25, -0.2) is 0 Å². The van der Waals surface area contributed by atoms with Gasteiger partial charge in [-0.2, -0.15) is 4.31 Å². The van der Waals surface area contributed by atoms with Gasteiger partial charge in [-0.15, -0.1) is 12.4 Å². The van der Waals surface area contributed by atoms with Gasteiger partial charge >= 0.3 is 0 Å². The van der Waals surface area contributed by atoms with E-state index in [1.54, 1.807) is 26.2 Å². The zero-order valence-corrected chi connectivity index (χ0v) is 20.3. The first kappa shape index (κ1) is 25.9. The number of unbranched alkanes of at least 4 members (excludes halogenated alkanes) is 1. The molecule has 6 nitrogen and oxygen atoms in total. The SMILES string of the molecule is CN1Cc2cc(C(=O)CCCCNCCc3ccccc3Cl)ccc2N(C)S1(O)O.Cl. The van der Waals surface area contributed by atoms with Gasteiger partial charge < -0.3 is 5.32 Å². The predicted molar refractivity (Wildman–Crippen MR) is 133 cm³/mol. The molecule has 0 aliphatic carbocycles. The molecule has 0 aromatic heterocycles. The lowest BCUT2D eigenvalue weighted by molar-refractivity contribution is 0.0979. The number of ketones is 1. The molecule has 2 aromatic carbocycles. The Balaban J connectivity index is 0.00000341. The number of anilines is 1. The summed E-state index contributed by atoms with van der Waals surface area (Å²) in [5, 5.41) is 4.21. The number of carbonyl (C=O) groups excluding carboxylic acids is 1. The van der Waals surface area contributed by atoms with E-state index in [-0.39, 0.29) is 18.2 Å². The van der Waals surface area contributed by atoms with Crippen LogP contribution in [0.25, 0.3) is 0 Å². The van der Waals surface area contributed by atoms with Gasteiger partial charge in [0, 0.05) is 37.6 Å². The average molecular weight is 488 g/mol. The second kappa shape index (κ2) is 11.5. The molecule has 1 aliphatic heterocycles. The molecule has 0 amide bonds. The first-order valence-electron chi connectivity index (χ1n) is 10.1. The number of halogens is 2. The van der Waals surface area contributed by atoms with Crippen LogP contribution in [0.3, 0.4) is 0 Å². The quantitative estimate of drug-likeness (QED) is 0.324. The van der Waals surface area contributed by atoms with Crippen LogP contribution in [-0.4, -0.2) is 46.4 Å². The van der Waals surface area contributed by atoms with E-state index in [1.165, 1.54) is 8.61 Å². The molecule has 2 aromatic rings. The molecule has 172 valence electrons. The highest BCUT2D eigenvalue weighted by Crippen LogP contribution is 2.52. The first-order chi connectivity index (χ1) is 14.3. The van der Waals surface area contributed by atoms with Crippen LogP contribution in [0.4, 0.5) is 5.69 Å². The van der Waals surface area contributed by atoms with E-state index in [0.717, 1.165) is 54.2 Å². The molecule has 1 aliphatic rings. The standard InChI is InChI=1S/C22H30ClN3O3S.ClH/c1-25-16-19-15-18(10-11-21(19)26(2)30(25,28)29)22(27)9-5-6-13-24-14-12-17-7-3-4-8-20(17)23;/h3-4,7-8,10-11,15,24,28-29H,5-6,9,12-14,16H2,1-2H3;1H. The minimum atomic E-state index is -2.96. The van der Waals surface area contributed by atoms with E-state index in [9.17, 15) is 13.9 Å². The Morgan fingerprint density at radius 1 is 1.13 bits per heavy atom. The molecule has 3 N–H and O–H groups in total. The number of carbonyl (C=O) groups is 1. The van der Waals surface area contributed by atoms with Crippen molar-refractivity contribution in [1.29, 1.82) is 0 Å². The molecular formula is C22H31Cl2N3O3S. The van der Waals surface area contributed by atoms with Crippen LogP contribution < -0.4 is 9.62 Å². The first-order valence-corrected chi connectivity index (χ1v) is 12.0. The highest BCUT2D eigenvalue weighted by Gasteiger charge is 2.32. The van der Waals surface area contributed by atoms with Crippen molar-refractivity contribution in [3.63, 3.8) is 0 Å². The number of nitrogens with one attached hydrogen (secondary N) is 1. The number of Topliss-reactive ketones (excluding diaryl/α,β-unsaturated/α-hetero) is 1. The van der Waals surface area contributed by atoms with Crippen molar-refractivity contribution >= 4 is 46.4 Å². The molecule has 0 saturated heterocycles. The molecule has 0 atom stereocenters. The second-order valence-corrected chi connectivity index (χ2v) is 10.1. The molecule has 0 spiro atoms. The maximum Gasteiger partial charge on any atom is 0.162 e. The van der Waals surface area contributed by atoms with Crippen LogP contribution in [0.1, 0.15) is 40.7 Å². The Kier molecular flexibility index (Phi) is 9.64. The van der Waals surface area contributed by atoms with Crippen molar-refractivity contribution in [2.75, 3.05) is 31.5 Å². The molecule has 1 heterocycles. The number of hydrogen-bond acceptors (Lipinski definition) is 6. The number of fused-ring (bicyclic) bond motifs is 1. The molecule has 0 bridgehead atoms. The van der Waals surface area contributed by atoms with Crippen molar-refractivity contribution in [2.24, 2.45) is 0 Å². The summed E-state index contributed by atoms with van der Waals surface area (Å²) in [7, 11) is 0.361. The van der Waals surface area contributed by atoms with Crippen LogP contribution in [0, 0.1) is 0 Å². The second-order valence-electron chi connectivity index (χ2n) is 7.59. The summed E-state index contributed by atoms with van der Waals surface area (Å²) in [6, 6.07) is 13.3. The molecule has 3 rings (SSSR count). The monoisotopic (exact) mass is 487 g/mol. The minimum absolute atomic E-state index is 0. The van der Waals surface area contributed by atoms with Gasteiger partial charge in [-0.05, 0) is 67.7 Å². The van der Waals surface area contributed by atoms with Crippen LogP contribution in [0.2, 0.25) is 5.02 Å². The molecule has 9 heteroatoms. The smallest absolute Gasteiger partial charge is 0.162 e. The van der Waals surface area contributed by atoms with E-state index < -0.39 is 11.0 Å². The summed E-state index contributed by atoms with van der Waals surface area (Å²) in [6.45, 7) is 2.14. The third-order valence-electron chi connectivity index (χ3n) is 5.46. The normalized spacial score (nSPS) is 16.4. The molecule has 31 heavy (non-hydrogen) atoms. The predicted octanol–water partition coefficient (Wildman–Crippen LogP) is 5.41. The lowest BCUT2D eigenvalue weighted by Gasteiger charge is -2.51. The lowest BCUT2D eigenvalue weighted by Crippen LogP contribution is -2.39. The van der Waals surface area contributed by atoms with Gasteiger partial charge in [0.2, 0.25) is 0 Å². The Hall–Kier alpha value is -1.32. The summed E-state index contributed by atoms with van der Waals surface area (Å²) >= 11 is 6.16. The lowest BCUT2D eigenvalue weighted by atomic mass is 10.0. The van der Waals surface area contributed by atoms with Gasteiger partial charge in [-0.3, -0.25) is 18.2 Å². The average Bonchev–Trinajstić information content (AvgIpc) is 2.72. The third-order valence-corrected chi connectivity index (χ3v) is 7.72. The van der Waals surface area contributed by atoms with Crippen molar-refractivity contribution < 1.29 is 13.9 Å². The van der Waals surface area contributed by atoms with Crippen molar-refractivity contribution in [1.82, 2.24) is 9.62 Å². The van der Waals surface area contributed by atoms with Crippen LogP contribution in [0.15, 0.2) is 42.5 Å². The van der Waals surface area contributed by atoms with E-state index in [2.05, 4.69) is 5.32 Å². The van der Waals surface area contributed by atoms with E-state index >= 15 is 0 Å². The zero-order valence-electron chi connectivity index (χ0n) is 17.9. The largest absolute Gasteiger partial charge is 0.316 e. The molecule has 0 unspecified atom stereocenters. The van der Waals surface area contributed by atoms with Gasteiger partial charge in [0.1, 0.15) is 0 Å². The summed E-state index contributed by atoms with van der Waals surface area (Å²) in [4.78, 5) is 12.6. The van der Waals surface area contributed by atoms with Crippen LogP contribution >= 0.6 is 35.0 Å². The molecule has 0 radical (unpaired) electrons. The van der Waals surface area contributed by atoms with Crippen molar-refractivity contribution in [3.05, 3.63) is 64.2 Å². The van der Waals surface area contributed by atoms with Gasteiger partial charge in [-0.1, -0.05) is 40.8 Å². The van der Waals surface area contributed by atoms with E-state index in [1.807, 2.05) is 30.3 Å². The number of benzene rings is 2. The Morgan fingerprint density at radius 2 is 1.87 bits per heavy atom. The van der Waals surface area contributed by atoms with E-state index in [4.69, 9.17) is 11.6 Å². The fraction of sp³-hybridized carbons (Fsp3) is 0.409. The van der Waals surface area contributed by atoms with Gasteiger partial charge in [0.25, 0.3) is 0 Å². The summed E-state index contributed by atoms with van der Waals surface area (Å²) in [6.07, 6.45) is 3.16. The van der Waals surface area contributed by atoms with Crippen molar-refractivity contribution in [3.8, 4) is 0 Å². The van der Waals surface area contributed by atoms with Crippen LogP contribution in [-0.2, 0) is 13.0 Å². The summed E-state index contributed by atoms with van der Waals surface area (Å²) in [5.74, 6) is 0.122. The fourth-order valence-corrected chi connectivity index (χ4v) is 4.99. The van der Waals surface area contributed by atoms with Gasteiger partial charge in [0.05, 0.1) is 5.69 Å². The summed E-state index contributed by atoms with van der Waals surface area (Å²) < 4.78 is 23.5. The number of nitrogens with zero attached hydrogens (tertiary/aromatic N) is 2. The highest BCUT2D eigenvalue weighted by atomic mass is 35.5. The van der Waals surface area contributed by atoms with Crippen LogP contribution in [0.5, 0.6) is 0 Å². The Bertz CT molecular complexity index is 898. The fourth-order valence-electron chi connectivity index (χ4n) is 3.59. The molecule has 0 fully saturated rings. The van der Waals surface area contributed by atoms with Gasteiger partial charge in [0.15, 0.2) is 5.78 Å². The number of rotatable bonds is 9. The van der Waals surface area contributed by atoms with Crippen molar-refractivity contribution in [2.45, 2.75) is 32.2 Å². The number of hydrogen-bond donors (Lipinski definition) is 3. The van der Waals surface area contributed by atoms with E-state index in [0.29, 0.717) is 18.5 Å². The highest BCUT2D eigenvalue weighted by molar-refractivity contribution is 8.23. The minimum Gasteiger partial charge on any atom is -0.316 e. The Morgan fingerprint density at radius 3 is 2.61 bits per heavy atom. The maximum atomic E-state index is 12.6.